The van der Waals surface area contributed by atoms with E-state index in [4.69, 9.17) is 11.6 Å². The molecule has 0 amide bonds. The molecule has 1 heterocycles. The summed E-state index contributed by atoms with van der Waals surface area (Å²) in [6, 6.07) is 5.67. The van der Waals surface area contributed by atoms with Crippen LogP contribution >= 0.6 is 22.9 Å². The van der Waals surface area contributed by atoms with E-state index in [1.807, 2.05) is 6.92 Å². The van der Waals surface area contributed by atoms with Crippen molar-refractivity contribution in [3.8, 4) is 0 Å². The number of benzene rings is 1. The Bertz CT molecular complexity index is 732. The Hall–Kier alpha value is -1.15. The third-order valence-corrected chi connectivity index (χ3v) is 5.52. The standard InChI is InChI=1S/C13H14ClFN2O2S2/c1-2-16-8-11-12(6-7-20-11)21(18,19)17-10-5-3-4-9(14)13(10)15/h3-7,16-17H,2,8H2,1H3. The van der Waals surface area contributed by atoms with Crippen molar-refractivity contribution in [1.29, 1.82) is 0 Å². The average molecular weight is 349 g/mol. The van der Waals surface area contributed by atoms with E-state index in [0.717, 1.165) is 6.54 Å². The summed E-state index contributed by atoms with van der Waals surface area (Å²) in [5, 5.41) is 4.63. The van der Waals surface area contributed by atoms with Crippen LogP contribution in [-0.2, 0) is 16.6 Å². The van der Waals surface area contributed by atoms with Gasteiger partial charge in [-0.15, -0.1) is 11.3 Å². The Labute approximate surface area is 132 Å². The quantitative estimate of drug-likeness (QED) is 0.840. The SMILES string of the molecule is CCNCc1sccc1S(=O)(=O)Nc1cccc(Cl)c1F. The van der Waals surface area contributed by atoms with E-state index in [2.05, 4.69) is 10.0 Å². The third kappa shape index (κ3) is 3.74. The van der Waals surface area contributed by atoms with Crippen molar-refractivity contribution in [3.05, 3.63) is 45.4 Å². The monoisotopic (exact) mass is 348 g/mol. The molecule has 2 N–H and O–H groups in total. The van der Waals surface area contributed by atoms with Gasteiger partial charge in [-0.2, -0.15) is 0 Å². The first-order valence-corrected chi connectivity index (χ1v) is 8.93. The second-order valence-corrected chi connectivity index (χ2v) is 7.25. The number of halogens is 2. The summed E-state index contributed by atoms with van der Waals surface area (Å²) in [6.45, 7) is 3.11. The normalized spacial score (nSPS) is 11.6. The van der Waals surface area contributed by atoms with Gasteiger partial charge < -0.3 is 5.32 Å². The molecule has 8 heteroatoms. The van der Waals surface area contributed by atoms with Crippen LogP contribution in [0.4, 0.5) is 10.1 Å². The van der Waals surface area contributed by atoms with Crippen LogP contribution in [0, 0.1) is 5.82 Å². The molecule has 0 aliphatic carbocycles. The zero-order valence-electron chi connectivity index (χ0n) is 11.2. The first-order chi connectivity index (χ1) is 9.95. The van der Waals surface area contributed by atoms with Gasteiger partial charge >= 0.3 is 0 Å². The second kappa shape index (κ2) is 6.74. The van der Waals surface area contributed by atoms with E-state index in [1.165, 1.54) is 35.6 Å². The van der Waals surface area contributed by atoms with E-state index in [-0.39, 0.29) is 15.6 Å². The molecule has 114 valence electrons. The highest BCUT2D eigenvalue weighted by molar-refractivity contribution is 7.93. The van der Waals surface area contributed by atoms with Crippen LogP contribution in [0.15, 0.2) is 34.5 Å². The average Bonchev–Trinajstić information content (AvgIpc) is 2.91. The summed E-state index contributed by atoms with van der Waals surface area (Å²) in [7, 11) is -3.85. The van der Waals surface area contributed by atoms with E-state index < -0.39 is 15.8 Å². The smallest absolute Gasteiger partial charge is 0.263 e. The lowest BCUT2D eigenvalue weighted by Crippen LogP contribution is -2.17. The Kier molecular flexibility index (Phi) is 5.21. The molecular formula is C13H14ClFN2O2S2. The van der Waals surface area contributed by atoms with Gasteiger partial charge in [0.2, 0.25) is 0 Å². The Morgan fingerprint density at radius 2 is 2.10 bits per heavy atom. The maximum absolute atomic E-state index is 13.8. The molecule has 0 atom stereocenters. The summed E-state index contributed by atoms with van der Waals surface area (Å²) in [6.07, 6.45) is 0. The van der Waals surface area contributed by atoms with Crippen molar-refractivity contribution >= 4 is 38.6 Å². The fourth-order valence-corrected chi connectivity index (χ4v) is 4.37. The molecule has 0 unspecified atom stereocenters. The largest absolute Gasteiger partial charge is 0.312 e. The van der Waals surface area contributed by atoms with Gasteiger partial charge in [-0.25, -0.2) is 12.8 Å². The number of hydrogen-bond acceptors (Lipinski definition) is 4. The fourth-order valence-electron chi connectivity index (χ4n) is 1.72. The highest BCUT2D eigenvalue weighted by Gasteiger charge is 2.21. The summed E-state index contributed by atoms with van der Waals surface area (Å²) < 4.78 is 40.8. The molecule has 0 saturated heterocycles. The lowest BCUT2D eigenvalue weighted by atomic mass is 10.3. The minimum atomic E-state index is -3.85. The zero-order chi connectivity index (χ0) is 15.5. The summed E-state index contributed by atoms with van der Waals surface area (Å²) in [5.41, 5.74) is -0.164. The number of anilines is 1. The Balaban J connectivity index is 2.30. The Morgan fingerprint density at radius 3 is 2.81 bits per heavy atom. The minimum absolute atomic E-state index is 0.131. The maximum atomic E-state index is 13.8. The maximum Gasteiger partial charge on any atom is 0.263 e. The van der Waals surface area contributed by atoms with Crippen LogP contribution in [0.1, 0.15) is 11.8 Å². The molecule has 0 radical (unpaired) electrons. The van der Waals surface area contributed by atoms with Crippen LogP contribution in [-0.4, -0.2) is 15.0 Å². The summed E-state index contributed by atoms with van der Waals surface area (Å²) >= 11 is 6.98. The first-order valence-electron chi connectivity index (χ1n) is 6.19. The van der Waals surface area contributed by atoms with Crippen molar-refractivity contribution in [1.82, 2.24) is 5.32 Å². The van der Waals surface area contributed by atoms with Crippen molar-refractivity contribution in [2.24, 2.45) is 0 Å². The number of sulfonamides is 1. The first kappa shape index (κ1) is 16.2. The number of hydrogen-bond donors (Lipinski definition) is 2. The van der Waals surface area contributed by atoms with Gasteiger partial charge in [0.25, 0.3) is 10.0 Å². The van der Waals surface area contributed by atoms with E-state index in [9.17, 15) is 12.8 Å². The number of thiophene rings is 1. The van der Waals surface area contributed by atoms with E-state index >= 15 is 0 Å². The molecule has 0 saturated carbocycles. The van der Waals surface area contributed by atoms with Crippen molar-refractivity contribution in [2.75, 3.05) is 11.3 Å². The van der Waals surface area contributed by atoms with Crippen molar-refractivity contribution in [2.45, 2.75) is 18.4 Å². The van der Waals surface area contributed by atoms with Crippen LogP contribution < -0.4 is 10.0 Å². The van der Waals surface area contributed by atoms with Gasteiger partial charge in [-0.05, 0) is 30.1 Å². The summed E-state index contributed by atoms with van der Waals surface area (Å²) in [5.74, 6) is -0.786. The van der Waals surface area contributed by atoms with Gasteiger partial charge in [-0.1, -0.05) is 24.6 Å². The van der Waals surface area contributed by atoms with Crippen LogP contribution in [0.3, 0.4) is 0 Å². The molecule has 0 aliphatic heterocycles. The van der Waals surface area contributed by atoms with E-state index in [1.54, 1.807) is 5.38 Å². The van der Waals surface area contributed by atoms with Crippen molar-refractivity contribution in [3.63, 3.8) is 0 Å². The molecule has 0 fully saturated rings. The minimum Gasteiger partial charge on any atom is -0.312 e. The number of nitrogens with one attached hydrogen (secondary N) is 2. The lowest BCUT2D eigenvalue weighted by molar-refractivity contribution is 0.597. The van der Waals surface area contributed by atoms with Gasteiger partial charge in [0.15, 0.2) is 5.82 Å². The predicted octanol–water partition coefficient (Wildman–Crippen LogP) is 3.45. The third-order valence-electron chi connectivity index (χ3n) is 2.73. The van der Waals surface area contributed by atoms with Gasteiger partial charge in [0.05, 0.1) is 10.7 Å². The highest BCUT2D eigenvalue weighted by Crippen LogP contribution is 2.27. The molecule has 1 aromatic carbocycles. The number of rotatable bonds is 6. The molecule has 21 heavy (non-hydrogen) atoms. The zero-order valence-corrected chi connectivity index (χ0v) is 13.6. The molecule has 1 aromatic heterocycles. The van der Waals surface area contributed by atoms with Crippen LogP contribution in [0.5, 0.6) is 0 Å². The molecule has 0 bridgehead atoms. The van der Waals surface area contributed by atoms with Crippen molar-refractivity contribution < 1.29 is 12.8 Å². The molecule has 2 aromatic rings. The molecule has 4 nitrogen and oxygen atoms in total. The molecule has 0 aliphatic rings. The lowest BCUT2D eigenvalue weighted by Gasteiger charge is -2.10. The van der Waals surface area contributed by atoms with Gasteiger partial charge in [-0.3, -0.25) is 4.72 Å². The van der Waals surface area contributed by atoms with Gasteiger partial charge in [0.1, 0.15) is 4.90 Å². The Morgan fingerprint density at radius 1 is 1.33 bits per heavy atom. The topological polar surface area (TPSA) is 58.2 Å². The summed E-state index contributed by atoms with van der Waals surface area (Å²) in [4.78, 5) is 0.819. The van der Waals surface area contributed by atoms with E-state index in [0.29, 0.717) is 11.4 Å². The highest BCUT2D eigenvalue weighted by atomic mass is 35.5. The van der Waals surface area contributed by atoms with Crippen LogP contribution in [0.25, 0.3) is 0 Å². The van der Waals surface area contributed by atoms with Crippen LogP contribution in [0.2, 0.25) is 5.02 Å². The predicted molar refractivity (Wildman–Crippen MR) is 83.9 cm³/mol. The molecular weight excluding hydrogens is 335 g/mol. The van der Waals surface area contributed by atoms with Gasteiger partial charge in [0, 0.05) is 11.4 Å². The fraction of sp³-hybridized carbons (Fsp3) is 0.231. The second-order valence-electron chi connectivity index (χ2n) is 4.20. The molecule has 0 spiro atoms. The molecule has 2 rings (SSSR count).